The molecule has 1 atom stereocenters. The molecule has 0 aliphatic heterocycles. The lowest BCUT2D eigenvalue weighted by Gasteiger charge is -2.28. The fourth-order valence-corrected chi connectivity index (χ4v) is 4.03. The fraction of sp³-hybridized carbons (Fsp3) is 0.172. The molecule has 0 saturated carbocycles. The van der Waals surface area contributed by atoms with E-state index in [9.17, 15) is 27.9 Å². The van der Waals surface area contributed by atoms with E-state index in [0.717, 1.165) is 23.4 Å². The predicted molar refractivity (Wildman–Crippen MR) is 139 cm³/mol. The van der Waals surface area contributed by atoms with Crippen molar-refractivity contribution in [1.82, 2.24) is 19.7 Å². The Hall–Kier alpha value is -4.73. The number of rotatable bonds is 9. The Morgan fingerprint density at radius 2 is 1.74 bits per heavy atom. The molecule has 0 radical (unpaired) electrons. The van der Waals surface area contributed by atoms with Crippen LogP contribution in [0.25, 0.3) is 17.3 Å². The second kappa shape index (κ2) is 11.8. The number of aryl methyl sites for hydroxylation is 1. The lowest BCUT2D eigenvalue weighted by molar-refractivity contribution is -0.148. The van der Waals surface area contributed by atoms with Gasteiger partial charge in [0, 0.05) is 44.0 Å². The van der Waals surface area contributed by atoms with E-state index in [1.807, 2.05) is 30.3 Å². The Morgan fingerprint density at radius 3 is 2.31 bits per heavy atom. The maximum Gasteiger partial charge on any atom is 0.416 e. The molecule has 1 unspecified atom stereocenters. The second-order valence-electron chi connectivity index (χ2n) is 8.91. The molecule has 7 nitrogen and oxygen atoms in total. The largest absolute Gasteiger partial charge is 0.480 e. The Morgan fingerprint density at radius 1 is 1.03 bits per heavy atom. The van der Waals surface area contributed by atoms with Gasteiger partial charge in [-0.1, -0.05) is 42.5 Å². The van der Waals surface area contributed by atoms with E-state index in [1.54, 1.807) is 36.3 Å². The van der Waals surface area contributed by atoms with Crippen molar-refractivity contribution in [2.75, 3.05) is 0 Å². The van der Waals surface area contributed by atoms with Gasteiger partial charge in [-0.2, -0.15) is 18.3 Å². The number of carbonyl (C=O) groups is 2. The average molecular weight is 535 g/mol. The molecule has 1 amide bonds. The summed E-state index contributed by atoms with van der Waals surface area (Å²) in [5.74, 6) is -1.79. The third-order valence-electron chi connectivity index (χ3n) is 6.06. The molecule has 2 aromatic carbocycles. The summed E-state index contributed by atoms with van der Waals surface area (Å²) in [7, 11) is 1.71. The first-order chi connectivity index (χ1) is 18.6. The van der Waals surface area contributed by atoms with Gasteiger partial charge in [0.1, 0.15) is 6.04 Å². The number of nitrogens with zero attached hydrogens (tertiary/aromatic N) is 4. The van der Waals surface area contributed by atoms with Gasteiger partial charge in [-0.05, 0) is 47.0 Å². The zero-order valence-corrected chi connectivity index (χ0v) is 20.9. The van der Waals surface area contributed by atoms with Crippen molar-refractivity contribution >= 4 is 18.0 Å². The van der Waals surface area contributed by atoms with Crippen molar-refractivity contribution in [2.45, 2.75) is 25.2 Å². The second-order valence-corrected chi connectivity index (χ2v) is 8.91. The summed E-state index contributed by atoms with van der Waals surface area (Å²) in [6.45, 7) is -0.00406. The predicted octanol–water partition coefficient (Wildman–Crippen LogP) is 5.24. The Kier molecular flexibility index (Phi) is 8.24. The van der Waals surface area contributed by atoms with E-state index < -0.39 is 29.7 Å². The Labute approximate surface area is 222 Å². The molecule has 0 fully saturated rings. The maximum atomic E-state index is 13.3. The van der Waals surface area contributed by atoms with E-state index in [0.29, 0.717) is 16.7 Å². The highest BCUT2D eigenvalue weighted by Gasteiger charge is 2.31. The summed E-state index contributed by atoms with van der Waals surface area (Å²) in [4.78, 5) is 31.2. The Balaban J connectivity index is 1.60. The number of aromatic nitrogens is 3. The molecule has 4 aromatic rings. The number of pyridine rings is 1. The molecular weight excluding hydrogens is 509 g/mol. The van der Waals surface area contributed by atoms with Crippen LogP contribution in [0.3, 0.4) is 0 Å². The van der Waals surface area contributed by atoms with Crippen molar-refractivity contribution in [3.05, 3.63) is 114 Å². The number of amides is 1. The van der Waals surface area contributed by atoms with Crippen LogP contribution in [0.2, 0.25) is 0 Å². The van der Waals surface area contributed by atoms with Crippen LogP contribution in [0.5, 0.6) is 0 Å². The number of carboxylic acids is 1. The zero-order valence-electron chi connectivity index (χ0n) is 20.9. The van der Waals surface area contributed by atoms with Crippen molar-refractivity contribution in [3.63, 3.8) is 0 Å². The molecule has 4 rings (SSSR count). The van der Waals surface area contributed by atoms with Gasteiger partial charge in [0.05, 0.1) is 17.5 Å². The minimum Gasteiger partial charge on any atom is -0.480 e. The van der Waals surface area contributed by atoms with Gasteiger partial charge < -0.3 is 10.0 Å². The fourth-order valence-electron chi connectivity index (χ4n) is 4.03. The highest BCUT2D eigenvalue weighted by atomic mass is 19.4. The monoisotopic (exact) mass is 534 g/mol. The summed E-state index contributed by atoms with van der Waals surface area (Å²) >= 11 is 0. The molecule has 39 heavy (non-hydrogen) atoms. The zero-order chi connectivity index (χ0) is 28.0. The van der Waals surface area contributed by atoms with Gasteiger partial charge in [0.2, 0.25) is 5.91 Å². The molecule has 2 heterocycles. The van der Waals surface area contributed by atoms with E-state index in [2.05, 4.69) is 10.1 Å². The van der Waals surface area contributed by atoms with Gasteiger partial charge in [-0.25, -0.2) is 4.79 Å². The van der Waals surface area contributed by atoms with Crippen molar-refractivity contribution in [3.8, 4) is 11.3 Å². The molecule has 10 heteroatoms. The quantitative estimate of drug-likeness (QED) is 0.297. The number of carboxylic acid groups (broad SMARTS) is 1. The molecule has 0 aliphatic rings. The molecule has 0 bridgehead atoms. The minimum atomic E-state index is -4.47. The summed E-state index contributed by atoms with van der Waals surface area (Å²) in [6.07, 6.45) is 2.99. The lowest BCUT2D eigenvalue weighted by atomic mass is 10.0. The topological polar surface area (TPSA) is 88.3 Å². The lowest BCUT2D eigenvalue weighted by Crippen LogP contribution is -2.45. The molecule has 0 aliphatic carbocycles. The first-order valence-electron chi connectivity index (χ1n) is 12.0. The van der Waals surface area contributed by atoms with Gasteiger partial charge >= 0.3 is 12.1 Å². The standard InChI is InChI=1S/C29H25F3N4O3/c1-35-18-22(17-34-35)16-26(28(38)39)36(19-21-5-10-23(11-6-21)25-4-2-3-15-33-25)27(37)14-9-20-7-12-24(13-8-20)29(30,31)32/h2-15,17-18,26H,16,19H2,1H3,(H,38,39). The van der Waals surface area contributed by atoms with Gasteiger partial charge in [0.15, 0.2) is 0 Å². The average Bonchev–Trinajstić information content (AvgIpc) is 3.34. The van der Waals surface area contributed by atoms with Crippen LogP contribution in [0.15, 0.2) is 91.4 Å². The number of carbonyl (C=O) groups excluding carboxylic acids is 1. The van der Waals surface area contributed by atoms with Gasteiger partial charge in [-0.3, -0.25) is 14.5 Å². The molecule has 0 saturated heterocycles. The van der Waals surface area contributed by atoms with Crippen LogP contribution in [-0.4, -0.2) is 42.7 Å². The summed E-state index contributed by atoms with van der Waals surface area (Å²) in [5, 5.41) is 14.1. The summed E-state index contributed by atoms with van der Waals surface area (Å²) in [5.41, 5.74) is 2.55. The molecular formula is C29H25F3N4O3. The number of halogens is 3. The third kappa shape index (κ3) is 7.19. The van der Waals surface area contributed by atoms with Crippen LogP contribution >= 0.6 is 0 Å². The van der Waals surface area contributed by atoms with E-state index in [4.69, 9.17) is 0 Å². The number of benzene rings is 2. The van der Waals surface area contributed by atoms with Crippen molar-refractivity contribution in [1.29, 1.82) is 0 Å². The SMILES string of the molecule is Cn1cc(CC(C(=O)O)N(Cc2ccc(-c3ccccn3)cc2)C(=O)C=Cc2ccc(C(F)(F)F)cc2)cn1. The van der Waals surface area contributed by atoms with E-state index >= 15 is 0 Å². The molecule has 200 valence electrons. The molecule has 2 aromatic heterocycles. The minimum absolute atomic E-state index is 0.00406. The Bertz CT molecular complexity index is 1450. The van der Waals surface area contributed by atoms with Gasteiger partial charge in [-0.15, -0.1) is 0 Å². The van der Waals surface area contributed by atoms with Crippen LogP contribution in [0.4, 0.5) is 13.2 Å². The third-order valence-corrected chi connectivity index (χ3v) is 6.06. The van der Waals surface area contributed by atoms with Crippen LogP contribution in [0.1, 0.15) is 22.3 Å². The number of hydrogen-bond donors (Lipinski definition) is 1. The number of aliphatic carboxylic acids is 1. The molecule has 0 spiro atoms. The van der Waals surface area contributed by atoms with Crippen molar-refractivity contribution in [2.24, 2.45) is 7.05 Å². The number of alkyl halides is 3. The first-order valence-corrected chi connectivity index (χ1v) is 12.0. The van der Waals surface area contributed by atoms with Gasteiger partial charge in [0.25, 0.3) is 0 Å². The summed E-state index contributed by atoms with van der Waals surface area (Å²) in [6, 6.07) is 16.0. The normalized spacial score (nSPS) is 12.4. The summed E-state index contributed by atoms with van der Waals surface area (Å²) < 4.78 is 40.2. The highest BCUT2D eigenvalue weighted by Crippen LogP contribution is 2.29. The van der Waals surface area contributed by atoms with Crippen molar-refractivity contribution < 1.29 is 27.9 Å². The van der Waals surface area contributed by atoms with Crippen LogP contribution in [0, 0.1) is 0 Å². The number of hydrogen-bond acceptors (Lipinski definition) is 4. The van der Waals surface area contributed by atoms with Crippen LogP contribution in [-0.2, 0) is 35.8 Å². The molecule has 1 N–H and O–H groups in total. The highest BCUT2D eigenvalue weighted by molar-refractivity contribution is 5.94. The van der Waals surface area contributed by atoms with Crippen LogP contribution < -0.4 is 0 Å². The first kappa shape index (κ1) is 27.3. The smallest absolute Gasteiger partial charge is 0.416 e. The van der Waals surface area contributed by atoms with E-state index in [1.165, 1.54) is 35.4 Å². The maximum absolute atomic E-state index is 13.3. The van der Waals surface area contributed by atoms with E-state index in [-0.39, 0.29) is 13.0 Å².